The summed E-state index contributed by atoms with van der Waals surface area (Å²) in [6.07, 6.45) is 3.64. The normalized spacial score (nSPS) is 33.6. The van der Waals surface area contributed by atoms with E-state index in [0.29, 0.717) is 19.4 Å². The van der Waals surface area contributed by atoms with E-state index in [0.717, 1.165) is 0 Å². The summed E-state index contributed by atoms with van der Waals surface area (Å²) in [5.41, 5.74) is -1.71. The number of likely N-dealkylation sites (tertiary alicyclic amines) is 1. The van der Waals surface area contributed by atoms with Gasteiger partial charge in [0.1, 0.15) is 11.6 Å². The Balaban J connectivity index is 2.07. The molecule has 9 heteroatoms. The number of amides is 2. The molecule has 33 heavy (non-hydrogen) atoms. The molecule has 0 aliphatic carbocycles. The van der Waals surface area contributed by atoms with Gasteiger partial charge in [0, 0.05) is 16.9 Å². The van der Waals surface area contributed by atoms with Gasteiger partial charge in [0.25, 0.3) is 0 Å². The SMILES string of the molecule is C=CCCOC(=O)[C@H]1[C@@H]2OC3(CC2Br)C(C(=O)N(CC=C)C(C)(C)C)N([C@H](C)CO)C(=O)[C@H]13. The van der Waals surface area contributed by atoms with Gasteiger partial charge in [0.05, 0.1) is 37.2 Å². The van der Waals surface area contributed by atoms with Gasteiger partial charge in [-0.3, -0.25) is 14.4 Å². The monoisotopic (exact) mass is 526 g/mol. The van der Waals surface area contributed by atoms with Crippen molar-refractivity contribution in [2.75, 3.05) is 19.8 Å². The maximum absolute atomic E-state index is 14.1. The number of carbonyl (C=O) groups is 3. The maximum Gasteiger partial charge on any atom is 0.312 e. The number of esters is 1. The standard InChI is InChI=1S/C24H35BrN2O6/c1-7-9-11-32-22(31)16-17-20(29)27(14(3)13-28)19(24(17)12-15(25)18(16)33-24)21(30)26(10-8-2)23(4,5)6/h7-8,14-19,28H,1-2,9-13H2,3-6H3/t14-,15?,16-,17+,18-,19?,24?/m1/s1. The molecule has 184 valence electrons. The van der Waals surface area contributed by atoms with Crippen molar-refractivity contribution in [3.63, 3.8) is 0 Å². The van der Waals surface area contributed by atoms with Gasteiger partial charge >= 0.3 is 5.97 Å². The highest BCUT2D eigenvalue weighted by molar-refractivity contribution is 9.09. The molecule has 3 aliphatic rings. The maximum atomic E-state index is 14.1. The Morgan fingerprint density at radius 1 is 1.39 bits per heavy atom. The number of hydrogen-bond donors (Lipinski definition) is 1. The predicted octanol–water partition coefficient (Wildman–Crippen LogP) is 2.05. The van der Waals surface area contributed by atoms with Gasteiger partial charge in [0.15, 0.2) is 0 Å². The Morgan fingerprint density at radius 2 is 2.06 bits per heavy atom. The van der Waals surface area contributed by atoms with Crippen LogP contribution in [-0.4, -0.2) is 86.6 Å². The Labute approximate surface area is 204 Å². The molecule has 3 unspecified atom stereocenters. The molecule has 8 nitrogen and oxygen atoms in total. The van der Waals surface area contributed by atoms with Crippen molar-refractivity contribution < 1.29 is 29.0 Å². The van der Waals surface area contributed by atoms with E-state index >= 15 is 0 Å². The molecule has 3 aliphatic heterocycles. The van der Waals surface area contributed by atoms with Crippen LogP contribution >= 0.6 is 15.9 Å². The van der Waals surface area contributed by atoms with Crippen LogP contribution in [0.5, 0.6) is 0 Å². The molecule has 1 spiro atoms. The topological polar surface area (TPSA) is 96.4 Å². The number of aliphatic hydroxyl groups is 1. The molecule has 3 saturated heterocycles. The first kappa shape index (κ1) is 25.9. The van der Waals surface area contributed by atoms with Crippen LogP contribution in [0.1, 0.15) is 40.5 Å². The summed E-state index contributed by atoms with van der Waals surface area (Å²) in [5.74, 6) is -2.81. The number of fused-ring (bicyclic) bond motifs is 1. The van der Waals surface area contributed by atoms with Crippen molar-refractivity contribution in [3.05, 3.63) is 25.3 Å². The number of ether oxygens (including phenoxy) is 2. The summed E-state index contributed by atoms with van der Waals surface area (Å²) in [6.45, 7) is 15.0. The van der Waals surface area contributed by atoms with E-state index < -0.39 is 47.1 Å². The molecule has 2 bridgehead atoms. The Hall–Kier alpha value is -1.71. The van der Waals surface area contributed by atoms with E-state index in [2.05, 4.69) is 29.1 Å². The third-order valence-corrected chi connectivity index (χ3v) is 7.77. The summed E-state index contributed by atoms with van der Waals surface area (Å²) >= 11 is 3.63. The van der Waals surface area contributed by atoms with Crippen LogP contribution in [0.25, 0.3) is 0 Å². The van der Waals surface area contributed by atoms with Crippen LogP contribution in [0.3, 0.4) is 0 Å². The number of rotatable bonds is 9. The van der Waals surface area contributed by atoms with E-state index in [1.165, 1.54) is 4.90 Å². The van der Waals surface area contributed by atoms with Crippen molar-refractivity contribution in [2.45, 2.75) is 74.7 Å². The summed E-state index contributed by atoms with van der Waals surface area (Å²) in [5, 5.41) is 9.93. The fourth-order valence-electron chi connectivity index (χ4n) is 5.49. The smallest absolute Gasteiger partial charge is 0.312 e. The number of alkyl halides is 1. The molecule has 7 atom stereocenters. The predicted molar refractivity (Wildman–Crippen MR) is 127 cm³/mol. The summed E-state index contributed by atoms with van der Waals surface area (Å²) in [4.78, 5) is 43.8. The van der Waals surface area contributed by atoms with Crippen LogP contribution in [0.4, 0.5) is 0 Å². The van der Waals surface area contributed by atoms with Gasteiger partial charge in [-0.25, -0.2) is 0 Å². The minimum atomic E-state index is -1.18. The van der Waals surface area contributed by atoms with Crippen molar-refractivity contribution in [2.24, 2.45) is 11.8 Å². The number of aliphatic hydroxyl groups excluding tert-OH is 1. The molecule has 3 rings (SSSR count). The average Bonchev–Trinajstić information content (AvgIpc) is 3.33. The Morgan fingerprint density at radius 3 is 2.61 bits per heavy atom. The van der Waals surface area contributed by atoms with Gasteiger partial charge in [-0.2, -0.15) is 0 Å². The highest BCUT2D eigenvalue weighted by atomic mass is 79.9. The molecule has 3 heterocycles. The van der Waals surface area contributed by atoms with Gasteiger partial charge in [-0.15, -0.1) is 13.2 Å². The number of hydrogen-bond acceptors (Lipinski definition) is 6. The van der Waals surface area contributed by atoms with Crippen LogP contribution in [0.2, 0.25) is 0 Å². The third-order valence-electron chi connectivity index (χ3n) is 6.93. The van der Waals surface area contributed by atoms with Crippen molar-refractivity contribution >= 4 is 33.7 Å². The number of halogens is 1. The molecule has 2 amide bonds. The average molecular weight is 527 g/mol. The lowest BCUT2D eigenvalue weighted by atomic mass is 9.70. The zero-order valence-electron chi connectivity index (χ0n) is 19.8. The van der Waals surface area contributed by atoms with Crippen molar-refractivity contribution in [1.82, 2.24) is 9.80 Å². The van der Waals surface area contributed by atoms with Gasteiger partial charge in [-0.05, 0) is 40.5 Å². The lowest BCUT2D eigenvalue weighted by Crippen LogP contribution is -2.61. The summed E-state index contributed by atoms with van der Waals surface area (Å²) in [6, 6.07) is -1.59. The number of carbonyl (C=O) groups excluding carboxylic acids is 3. The second-order valence-corrected chi connectivity index (χ2v) is 11.3. The van der Waals surface area contributed by atoms with Gasteiger partial charge in [0.2, 0.25) is 11.8 Å². The molecular formula is C24H35BrN2O6. The van der Waals surface area contributed by atoms with Crippen LogP contribution < -0.4 is 0 Å². The van der Waals surface area contributed by atoms with Crippen LogP contribution in [-0.2, 0) is 23.9 Å². The van der Waals surface area contributed by atoms with E-state index in [1.807, 2.05) is 20.8 Å². The fourth-order valence-corrected chi connectivity index (χ4v) is 6.43. The quantitative estimate of drug-likeness (QED) is 0.214. The van der Waals surface area contributed by atoms with Crippen LogP contribution in [0.15, 0.2) is 25.3 Å². The highest BCUT2D eigenvalue weighted by Crippen LogP contribution is 2.60. The molecule has 0 aromatic carbocycles. The van der Waals surface area contributed by atoms with Gasteiger partial charge in [-0.1, -0.05) is 28.1 Å². The lowest BCUT2D eigenvalue weighted by molar-refractivity contribution is -0.157. The van der Waals surface area contributed by atoms with Crippen molar-refractivity contribution in [1.29, 1.82) is 0 Å². The first-order valence-corrected chi connectivity index (χ1v) is 12.3. The molecule has 0 radical (unpaired) electrons. The molecule has 0 aromatic rings. The number of nitrogens with zero attached hydrogens (tertiary/aromatic N) is 2. The summed E-state index contributed by atoms with van der Waals surface area (Å²) < 4.78 is 11.9. The third kappa shape index (κ3) is 4.17. The molecule has 1 N–H and O–H groups in total. The second-order valence-electron chi connectivity index (χ2n) is 10.1. The van der Waals surface area contributed by atoms with E-state index in [1.54, 1.807) is 24.0 Å². The molecule has 3 fully saturated rings. The molecule has 0 saturated carbocycles. The first-order valence-electron chi connectivity index (χ1n) is 11.4. The fraction of sp³-hybridized carbons (Fsp3) is 0.708. The van der Waals surface area contributed by atoms with Gasteiger partial charge < -0.3 is 24.4 Å². The van der Waals surface area contributed by atoms with Crippen LogP contribution in [0, 0.1) is 11.8 Å². The van der Waals surface area contributed by atoms with E-state index in [-0.39, 0.29) is 29.9 Å². The minimum Gasteiger partial charge on any atom is -0.465 e. The second kappa shape index (κ2) is 9.50. The molecule has 0 aromatic heterocycles. The van der Waals surface area contributed by atoms with E-state index in [4.69, 9.17) is 9.47 Å². The van der Waals surface area contributed by atoms with Crippen molar-refractivity contribution in [3.8, 4) is 0 Å². The minimum absolute atomic E-state index is 0.169. The summed E-state index contributed by atoms with van der Waals surface area (Å²) in [7, 11) is 0. The Bertz CT molecular complexity index is 826. The zero-order chi connectivity index (χ0) is 24.7. The lowest BCUT2D eigenvalue weighted by Gasteiger charge is -2.43. The molecular weight excluding hydrogens is 492 g/mol. The Kier molecular flexibility index (Phi) is 7.46. The largest absolute Gasteiger partial charge is 0.465 e. The zero-order valence-corrected chi connectivity index (χ0v) is 21.4. The van der Waals surface area contributed by atoms with E-state index in [9.17, 15) is 19.5 Å². The first-order chi connectivity index (χ1) is 15.5. The highest BCUT2D eigenvalue weighted by Gasteiger charge is 2.77.